The number of aromatic nitrogens is 1. The second-order valence-electron chi connectivity index (χ2n) is 5.85. The molecule has 1 atom stereocenters. The minimum atomic E-state index is 0.0413. The molecule has 5 heteroatoms. The molecule has 0 bridgehead atoms. The Hall–Kier alpha value is -1.72. The summed E-state index contributed by atoms with van der Waals surface area (Å²) in [6, 6.07) is 10.3. The number of hydrogen-bond acceptors (Lipinski definition) is 4. The van der Waals surface area contributed by atoms with Crippen molar-refractivity contribution in [1.29, 1.82) is 0 Å². The van der Waals surface area contributed by atoms with Crippen LogP contribution < -0.4 is 5.32 Å². The molecule has 0 aliphatic carbocycles. The average Bonchev–Trinajstić information content (AvgIpc) is 3.21. The van der Waals surface area contributed by atoms with Gasteiger partial charge in [-0.05, 0) is 24.8 Å². The highest BCUT2D eigenvalue weighted by atomic mass is 32.1. The smallest absolute Gasteiger partial charge is 0.226 e. The normalized spacial score (nSPS) is 17.3. The topological polar surface area (TPSA) is 51.2 Å². The highest BCUT2D eigenvalue weighted by Gasteiger charge is 2.15. The molecule has 0 saturated carbocycles. The summed E-state index contributed by atoms with van der Waals surface area (Å²) in [5, 5.41) is 6.00. The van der Waals surface area contributed by atoms with Gasteiger partial charge in [-0.15, -0.1) is 11.3 Å². The molecule has 0 unspecified atom stereocenters. The molecule has 1 N–H and O–H groups in total. The van der Waals surface area contributed by atoms with Gasteiger partial charge in [-0.2, -0.15) is 0 Å². The number of nitrogens with one attached hydrogen (secondary N) is 1. The Morgan fingerprint density at radius 2 is 2.22 bits per heavy atom. The molecule has 1 aliphatic rings. The zero-order valence-electron chi connectivity index (χ0n) is 13.2. The Kier molecular flexibility index (Phi) is 5.77. The van der Waals surface area contributed by atoms with E-state index in [-0.39, 0.29) is 5.91 Å². The molecular weight excluding hydrogens is 308 g/mol. The highest BCUT2D eigenvalue weighted by molar-refractivity contribution is 7.09. The number of nitrogens with zero attached hydrogens (tertiary/aromatic N) is 1. The van der Waals surface area contributed by atoms with Crippen LogP contribution in [-0.2, 0) is 22.4 Å². The van der Waals surface area contributed by atoms with E-state index in [1.165, 1.54) is 5.56 Å². The minimum Gasteiger partial charge on any atom is -0.378 e. The molecule has 3 rings (SSSR count). The zero-order chi connectivity index (χ0) is 15.9. The van der Waals surface area contributed by atoms with Crippen molar-refractivity contribution in [2.75, 3.05) is 13.2 Å². The van der Waals surface area contributed by atoms with Crippen LogP contribution in [0.1, 0.15) is 35.5 Å². The van der Waals surface area contributed by atoms with Crippen molar-refractivity contribution in [3.63, 3.8) is 0 Å². The fourth-order valence-electron chi connectivity index (χ4n) is 2.75. The number of benzene rings is 1. The van der Waals surface area contributed by atoms with E-state index in [0.29, 0.717) is 19.1 Å². The van der Waals surface area contributed by atoms with Crippen LogP contribution in [0.5, 0.6) is 0 Å². The third-order valence-corrected chi connectivity index (χ3v) is 4.85. The molecule has 1 aromatic carbocycles. The molecule has 2 heterocycles. The molecule has 0 radical (unpaired) electrons. The van der Waals surface area contributed by atoms with E-state index >= 15 is 0 Å². The summed E-state index contributed by atoms with van der Waals surface area (Å²) in [7, 11) is 0. The van der Waals surface area contributed by atoms with Crippen molar-refractivity contribution < 1.29 is 9.53 Å². The van der Waals surface area contributed by atoms with E-state index in [1.54, 1.807) is 11.3 Å². The molecule has 1 amide bonds. The van der Waals surface area contributed by atoms with Gasteiger partial charge >= 0.3 is 0 Å². The van der Waals surface area contributed by atoms with Gasteiger partial charge in [0.05, 0.1) is 23.2 Å². The standard InChI is InChI=1S/C18H22N2O2S/c21-17(19-9-8-16-7-4-10-22-16)12-15-13-23-18(20-15)11-14-5-2-1-3-6-14/h1-3,5-6,13,16H,4,7-12H2,(H,19,21)/t16-/m0/s1. The van der Waals surface area contributed by atoms with Crippen LogP contribution in [0.2, 0.25) is 0 Å². The van der Waals surface area contributed by atoms with Gasteiger partial charge in [0.2, 0.25) is 5.91 Å². The molecule has 1 fully saturated rings. The highest BCUT2D eigenvalue weighted by Crippen LogP contribution is 2.16. The van der Waals surface area contributed by atoms with Crippen LogP contribution in [0.25, 0.3) is 0 Å². The molecule has 4 nitrogen and oxygen atoms in total. The first kappa shape index (κ1) is 16.1. The first-order valence-corrected chi connectivity index (χ1v) is 9.03. The summed E-state index contributed by atoms with van der Waals surface area (Å²) in [6.07, 6.45) is 4.67. The lowest BCUT2D eigenvalue weighted by atomic mass is 10.2. The van der Waals surface area contributed by atoms with Crippen molar-refractivity contribution >= 4 is 17.2 Å². The summed E-state index contributed by atoms with van der Waals surface area (Å²) in [5.74, 6) is 0.0413. The third kappa shape index (κ3) is 5.15. The number of thiazole rings is 1. The number of carbonyl (C=O) groups is 1. The quantitative estimate of drug-likeness (QED) is 0.849. The van der Waals surface area contributed by atoms with Gasteiger partial charge in [-0.25, -0.2) is 4.98 Å². The SMILES string of the molecule is O=C(Cc1csc(Cc2ccccc2)n1)NCC[C@@H]1CCCO1. The Morgan fingerprint density at radius 3 is 3.00 bits per heavy atom. The molecule has 1 aromatic heterocycles. The molecule has 23 heavy (non-hydrogen) atoms. The Bertz CT molecular complexity index is 621. The number of hydrogen-bond donors (Lipinski definition) is 1. The zero-order valence-corrected chi connectivity index (χ0v) is 14.0. The Balaban J connectivity index is 1.42. The van der Waals surface area contributed by atoms with Crippen LogP contribution >= 0.6 is 11.3 Å². The molecule has 1 saturated heterocycles. The van der Waals surface area contributed by atoms with E-state index in [0.717, 1.165) is 43.0 Å². The van der Waals surface area contributed by atoms with Crippen molar-refractivity contribution in [3.05, 3.63) is 52.0 Å². The fourth-order valence-corrected chi connectivity index (χ4v) is 3.58. The maximum atomic E-state index is 12.0. The van der Waals surface area contributed by atoms with Crippen molar-refractivity contribution in [3.8, 4) is 0 Å². The maximum absolute atomic E-state index is 12.0. The molecule has 122 valence electrons. The van der Waals surface area contributed by atoms with Gasteiger partial charge < -0.3 is 10.1 Å². The van der Waals surface area contributed by atoms with E-state index in [4.69, 9.17) is 4.74 Å². The predicted octanol–water partition coefficient (Wildman–Crippen LogP) is 2.96. The lowest BCUT2D eigenvalue weighted by molar-refractivity contribution is -0.120. The van der Waals surface area contributed by atoms with E-state index in [1.807, 2.05) is 23.6 Å². The summed E-state index contributed by atoms with van der Waals surface area (Å²) in [5.41, 5.74) is 2.10. The first-order valence-electron chi connectivity index (χ1n) is 8.15. The number of carbonyl (C=O) groups excluding carboxylic acids is 1. The van der Waals surface area contributed by atoms with Crippen LogP contribution in [0.15, 0.2) is 35.7 Å². The predicted molar refractivity (Wildman–Crippen MR) is 91.7 cm³/mol. The van der Waals surface area contributed by atoms with Crippen LogP contribution in [0, 0.1) is 0 Å². The van der Waals surface area contributed by atoms with Gasteiger partial charge in [0, 0.05) is 25.0 Å². The maximum Gasteiger partial charge on any atom is 0.226 e. The lowest BCUT2D eigenvalue weighted by Crippen LogP contribution is -2.28. The minimum absolute atomic E-state index is 0.0413. The van der Waals surface area contributed by atoms with Crippen LogP contribution in [0.4, 0.5) is 0 Å². The summed E-state index contributed by atoms with van der Waals surface area (Å²) < 4.78 is 5.55. The van der Waals surface area contributed by atoms with Gasteiger partial charge in [0.25, 0.3) is 0 Å². The van der Waals surface area contributed by atoms with Gasteiger partial charge in [0.15, 0.2) is 0 Å². The van der Waals surface area contributed by atoms with Gasteiger partial charge in [-0.1, -0.05) is 30.3 Å². The molecule has 0 spiro atoms. The van der Waals surface area contributed by atoms with Gasteiger partial charge in [-0.3, -0.25) is 4.79 Å². The third-order valence-electron chi connectivity index (χ3n) is 3.95. The molecule has 1 aliphatic heterocycles. The monoisotopic (exact) mass is 330 g/mol. The average molecular weight is 330 g/mol. The summed E-state index contributed by atoms with van der Waals surface area (Å²) >= 11 is 1.62. The number of amides is 1. The second-order valence-corrected chi connectivity index (χ2v) is 6.79. The Labute approximate surface area is 140 Å². The van der Waals surface area contributed by atoms with E-state index in [2.05, 4.69) is 22.4 Å². The second kappa shape index (κ2) is 8.22. The Morgan fingerprint density at radius 1 is 1.35 bits per heavy atom. The van der Waals surface area contributed by atoms with Crippen LogP contribution in [0.3, 0.4) is 0 Å². The summed E-state index contributed by atoms with van der Waals surface area (Å²) in [6.45, 7) is 1.55. The van der Waals surface area contributed by atoms with E-state index < -0.39 is 0 Å². The summed E-state index contributed by atoms with van der Waals surface area (Å²) in [4.78, 5) is 16.5. The number of ether oxygens (including phenoxy) is 1. The fraction of sp³-hybridized carbons (Fsp3) is 0.444. The largest absolute Gasteiger partial charge is 0.378 e. The molecule has 2 aromatic rings. The van der Waals surface area contributed by atoms with Crippen molar-refractivity contribution in [1.82, 2.24) is 10.3 Å². The van der Waals surface area contributed by atoms with Crippen molar-refractivity contribution in [2.24, 2.45) is 0 Å². The lowest BCUT2D eigenvalue weighted by Gasteiger charge is -2.09. The van der Waals surface area contributed by atoms with Crippen LogP contribution in [-0.4, -0.2) is 30.1 Å². The van der Waals surface area contributed by atoms with Crippen molar-refractivity contribution in [2.45, 2.75) is 38.2 Å². The molecular formula is C18H22N2O2S. The number of rotatable bonds is 7. The van der Waals surface area contributed by atoms with Gasteiger partial charge in [0.1, 0.15) is 0 Å². The first-order chi connectivity index (χ1) is 11.3. The van der Waals surface area contributed by atoms with E-state index in [9.17, 15) is 4.79 Å².